The quantitative estimate of drug-likeness (QED) is 0.649. The van der Waals surface area contributed by atoms with Crippen LogP contribution in [0.4, 0.5) is 10.1 Å². The van der Waals surface area contributed by atoms with Gasteiger partial charge in [-0.15, -0.1) is 0 Å². The van der Waals surface area contributed by atoms with Crippen LogP contribution in [0.3, 0.4) is 0 Å². The highest BCUT2D eigenvalue weighted by molar-refractivity contribution is 5.70. The Balaban J connectivity index is 2.00. The van der Waals surface area contributed by atoms with Crippen LogP contribution in [-0.4, -0.2) is 19.7 Å². The smallest absolute Gasteiger partial charge is 0.223 e. The molecule has 8 nitrogen and oxygen atoms in total. The van der Waals surface area contributed by atoms with Crippen molar-refractivity contribution in [2.24, 2.45) is 11.6 Å². The Morgan fingerprint density at radius 3 is 2.80 bits per heavy atom. The first kappa shape index (κ1) is 15.3. The normalized spacial score (nSPS) is 15.6. The Morgan fingerprint density at radius 1 is 1.32 bits per heavy atom. The third-order valence-electron chi connectivity index (χ3n) is 4.14. The second kappa shape index (κ2) is 5.42. The van der Waals surface area contributed by atoms with Gasteiger partial charge in [-0.1, -0.05) is 5.16 Å². The van der Waals surface area contributed by atoms with E-state index < -0.39 is 0 Å². The fourth-order valence-electron chi connectivity index (χ4n) is 2.94. The molecule has 0 aliphatic carbocycles. The highest BCUT2D eigenvalue weighted by Gasteiger charge is 2.27. The zero-order chi connectivity index (χ0) is 17.7. The lowest BCUT2D eigenvalue weighted by Crippen LogP contribution is -2.32. The molecular weight excluding hydrogens is 325 g/mol. The molecule has 0 spiro atoms. The molecule has 0 amide bonds. The Hall–Kier alpha value is -3.20. The van der Waals surface area contributed by atoms with Crippen molar-refractivity contribution in [3.63, 3.8) is 0 Å². The average Bonchev–Trinajstić information content (AvgIpc) is 3.15. The molecule has 0 saturated heterocycles. The number of fused-ring (bicyclic) bond motifs is 3. The van der Waals surface area contributed by atoms with E-state index in [1.54, 1.807) is 26.2 Å². The maximum absolute atomic E-state index is 13.8. The molecule has 1 aliphatic heterocycles. The summed E-state index contributed by atoms with van der Waals surface area (Å²) in [5.74, 6) is 6.68. The van der Waals surface area contributed by atoms with Gasteiger partial charge < -0.3 is 10.3 Å². The maximum atomic E-state index is 13.8. The first-order chi connectivity index (χ1) is 12.0. The number of allylic oxidation sites excluding steroid dienone is 2. The number of aromatic nitrogens is 4. The first-order valence-corrected chi connectivity index (χ1v) is 7.62. The molecule has 128 valence electrons. The molecule has 0 unspecified atom stereocenters. The molecule has 0 atom stereocenters. The molecule has 3 aromatic rings. The number of hydrogen-bond donors (Lipinski definition) is 2. The molecule has 2 aromatic heterocycles. The van der Waals surface area contributed by atoms with Crippen molar-refractivity contribution < 1.29 is 8.91 Å². The Kier molecular flexibility index (Phi) is 3.32. The summed E-state index contributed by atoms with van der Waals surface area (Å²) in [4.78, 5) is 8.67. The van der Waals surface area contributed by atoms with Gasteiger partial charge in [-0.3, -0.25) is 9.58 Å². The number of hydrogen-bond acceptors (Lipinski definition) is 7. The van der Waals surface area contributed by atoms with Crippen LogP contribution in [-0.2, 0) is 6.42 Å². The van der Waals surface area contributed by atoms with Crippen molar-refractivity contribution in [2.45, 2.75) is 20.3 Å². The third-order valence-corrected chi connectivity index (χ3v) is 4.14. The van der Waals surface area contributed by atoms with Crippen molar-refractivity contribution in [3.8, 4) is 17.2 Å². The van der Waals surface area contributed by atoms with Gasteiger partial charge in [-0.2, -0.15) is 4.98 Å². The summed E-state index contributed by atoms with van der Waals surface area (Å²) in [6.07, 6.45) is 2.02. The van der Waals surface area contributed by atoms with Crippen LogP contribution in [0.2, 0.25) is 0 Å². The molecule has 25 heavy (non-hydrogen) atoms. The lowest BCUT2D eigenvalue weighted by Gasteiger charge is -2.22. The number of hydrazine groups is 1. The standard InChI is InChI=1S/C16H16FN7O/c1-8(18)12-6-14-15(16-21-9(2)25-22-16)20-7-23(14)11-4-3-10(17)5-13(11)24(12)19/h3-5,7H,6,18-19H2,1-2H3/b12-8-. The average molecular weight is 341 g/mol. The Bertz CT molecular complexity index is 1000. The molecule has 4 rings (SSSR count). The van der Waals surface area contributed by atoms with Gasteiger partial charge in [0.1, 0.15) is 17.8 Å². The number of nitrogens with zero attached hydrogens (tertiary/aromatic N) is 5. The van der Waals surface area contributed by atoms with Crippen LogP contribution in [0.15, 0.2) is 40.4 Å². The highest BCUT2D eigenvalue weighted by atomic mass is 19.1. The minimum atomic E-state index is -0.388. The van der Waals surface area contributed by atoms with Crippen molar-refractivity contribution >= 4 is 5.69 Å². The van der Waals surface area contributed by atoms with E-state index in [4.69, 9.17) is 16.1 Å². The zero-order valence-electron chi connectivity index (χ0n) is 13.7. The number of nitrogens with two attached hydrogens (primary N) is 2. The maximum Gasteiger partial charge on any atom is 0.223 e. The van der Waals surface area contributed by atoms with Crippen molar-refractivity contribution in [1.82, 2.24) is 19.7 Å². The van der Waals surface area contributed by atoms with Gasteiger partial charge in [-0.05, 0) is 19.1 Å². The molecule has 1 aliphatic rings. The predicted molar refractivity (Wildman–Crippen MR) is 88.8 cm³/mol. The molecule has 0 fully saturated rings. The summed E-state index contributed by atoms with van der Waals surface area (Å²) in [7, 11) is 0. The van der Waals surface area contributed by atoms with E-state index in [2.05, 4.69) is 15.1 Å². The first-order valence-electron chi connectivity index (χ1n) is 7.62. The van der Waals surface area contributed by atoms with Gasteiger partial charge in [0.15, 0.2) is 0 Å². The molecule has 1 aromatic carbocycles. The van der Waals surface area contributed by atoms with Gasteiger partial charge in [0.05, 0.1) is 22.8 Å². The van der Waals surface area contributed by atoms with Gasteiger partial charge in [0.25, 0.3) is 0 Å². The van der Waals surface area contributed by atoms with Gasteiger partial charge in [0, 0.05) is 25.1 Å². The van der Waals surface area contributed by atoms with Crippen LogP contribution < -0.4 is 16.6 Å². The van der Waals surface area contributed by atoms with Crippen LogP contribution in [0, 0.1) is 12.7 Å². The van der Waals surface area contributed by atoms with Crippen LogP contribution in [0.5, 0.6) is 0 Å². The van der Waals surface area contributed by atoms with Crippen molar-refractivity contribution in [2.75, 3.05) is 5.01 Å². The van der Waals surface area contributed by atoms with E-state index in [9.17, 15) is 4.39 Å². The summed E-state index contributed by atoms with van der Waals surface area (Å²) in [6.45, 7) is 3.46. The van der Waals surface area contributed by atoms with E-state index in [1.807, 2.05) is 4.57 Å². The summed E-state index contributed by atoms with van der Waals surface area (Å²) in [5.41, 5.74) is 9.75. The number of benzene rings is 1. The SMILES string of the molecule is C/C(N)=C1\Cc2c(-c3noc(C)n3)ncn2-c2ccc(F)cc2N1N. The Morgan fingerprint density at radius 2 is 2.12 bits per heavy atom. The topological polar surface area (TPSA) is 112 Å². The molecule has 0 radical (unpaired) electrons. The minimum absolute atomic E-state index is 0.384. The summed E-state index contributed by atoms with van der Waals surface area (Å²) >= 11 is 0. The second-order valence-corrected chi connectivity index (χ2v) is 5.86. The lowest BCUT2D eigenvalue weighted by molar-refractivity contribution is 0.394. The second-order valence-electron chi connectivity index (χ2n) is 5.86. The highest BCUT2D eigenvalue weighted by Crippen LogP contribution is 2.35. The number of aryl methyl sites for hydroxylation is 1. The van der Waals surface area contributed by atoms with Gasteiger partial charge >= 0.3 is 0 Å². The molecule has 3 heterocycles. The van der Waals surface area contributed by atoms with Gasteiger partial charge in [0.2, 0.25) is 11.7 Å². The Labute approximate surface area is 142 Å². The largest absolute Gasteiger partial charge is 0.401 e. The van der Waals surface area contributed by atoms with E-state index in [1.165, 1.54) is 17.1 Å². The fourth-order valence-corrected chi connectivity index (χ4v) is 2.94. The molecule has 4 N–H and O–H groups in total. The van der Waals surface area contributed by atoms with Crippen LogP contribution >= 0.6 is 0 Å². The van der Waals surface area contributed by atoms with Crippen molar-refractivity contribution in [3.05, 3.63) is 53.3 Å². The monoisotopic (exact) mass is 341 g/mol. The summed E-state index contributed by atoms with van der Waals surface area (Å²) in [5, 5.41) is 5.35. The zero-order valence-corrected chi connectivity index (χ0v) is 13.7. The third kappa shape index (κ3) is 2.36. The van der Waals surface area contributed by atoms with E-state index in [-0.39, 0.29) is 5.82 Å². The van der Waals surface area contributed by atoms with Crippen LogP contribution in [0.25, 0.3) is 17.2 Å². The van der Waals surface area contributed by atoms with Crippen LogP contribution in [0.1, 0.15) is 18.5 Å². The van der Waals surface area contributed by atoms with E-state index >= 15 is 0 Å². The van der Waals surface area contributed by atoms with Gasteiger partial charge in [-0.25, -0.2) is 15.2 Å². The fraction of sp³-hybridized carbons (Fsp3) is 0.188. The summed E-state index contributed by atoms with van der Waals surface area (Å²) in [6, 6.07) is 4.39. The molecule has 0 bridgehead atoms. The molecule has 0 saturated carbocycles. The van der Waals surface area contributed by atoms with E-state index in [0.29, 0.717) is 46.6 Å². The molecule has 9 heteroatoms. The van der Waals surface area contributed by atoms with E-state index in [0.717, 1.165) is 5.69 Å². The summed E-state index contributed by atoms with van der Waals surface area (Å²) < 4.78 is 20.7. The number of anilines is 1. The lowest BCUT2D eigenvalue weighted by atomic mass is 10.1. The number of halogens is 1. The minimum Gasteiger partial charge on any atom is -0.401 e. The predicted octanol–water partition coefficient (Wildman–Crippen LogP) is 1.80. The number of rotatable bonds is 1. The molecular formula is C16H16FN7O. The number of imidazole rings is 1. The van der Waals surface area contributed by atoms with Crippen molar-refractivity contribution in [1.29, 1.82) is 0 Å².